The summed E-state index contributed by atoms with van der Waals surface area (Å²) in [5.41, 5.74) is 4.21. The van der Waals surface area contributed by atoms with Crippen molar-refractivity contribution in [1.29, 1.82) is 0 Å². The zero-order chi connectivity index (χ0) is 8.74. The SMILES string of the molecule is Cl.NCCNC(CO)(CO)CO. The van der Waals surface area contributed by atoms with Gasteiger partial charge >= 0.3 is 0 Å². The van der Waals surface area contributed by atoms with Gasteiger partial charge in [-0.15, -0.1) is 12.4 Å². The third-order valence-corrected chi connectivity index (χ3v) is 1.55. The smallest absolute Gasteiger partial charge is 0.0882 e. The number of aliphatic hydroxyl groups is 3. The van der Waals surface area contributed by atoms with Crippen LogP contribution < -0.4 is 11.1 Å². The van der Waals surface area contributed by atoms with E-state index in [1.165, 1.54) is 0 Å². The molecule has 0 fully saturated rings. The maximum Gasteiger partial charge on any atom is 0.0882 e. The Morgan fingerprint density at radius 2 is 1.50 bits per heavy atom. The molecule has 0 saturated heterocycles. The largest absolute Gasteiger partial charge is 0.394 e. The molecule has 12 heavy (non-hydrogen) atoms. The van der Waals surface area contributed by atoms with Crippen LogP contribution in [0.25, 0.3) is 0 Å². The van der Waals surface area contributed by atoms with E-state index in [1.54, 1.807) is 0 Å². The van der Waals surface area contributed by atoms with Gasteiger partial charge in [0.1, 0.15) is 0 Å². The van der Waals surface area contributed by atoms with Gasteiger partial charge in [0.05, 0.1) is 25.4 Å². The molecule has 0 unspecified atom stereocenters. The van der Waals surface area contributed by atoms with Gasteiger partial charge in [-0.1, -0.05) is 0 Å². The fourth-order valence-corrected chi connectivity index (χ4v) is 0.655. The molecule has 6 heteroatoms. The molecule has 0 aliphatic carbocycles. The van der Waals surface area contributed by atoms with E-state index in [2.05, 4.69) is 5.32 Å². The van der Waals surface area contributed by atoms with Crippen LogP contribution in [-0.4, -0.2) is 53.8 Å². The van der Waals surface area contributed by atoms with Crippen molar-refractivity contribution in [2.75, 3.05) is 32.9 Å². The topological polar surface area (TPSA) is 98.7 Å². The van der Waals surface area contributed by atoms with E-state index in [0.29, 0.717) is 13.1 Å². The van der Waals surface area contributed by atoms with Crippen LogP contribution in [0.3, 0.4) is 0 Å². The van der Waals surface area contributed by atoms with Crippen molar-refractivity contribution in [3.63, 3.8) is 0 Å². The number of hydrogen-bond acceptors (Lipinski definition) is 5. The van der Waals surface area contributed by atoms with Crippen LogP contribution in [0, 0.1) is 0 Å². The van der Waals surface area contributed by atoms with Gasteiger partial charge < -0.3 is 26.4 Å². The summed E-state index contributed by atoms with van der Waals surface area (Å²) in [4.78, 5) is 0. The summed E-state index contributed by atoms with van der Waals surface area (Å²) in [6, 6.07) is 0. The van der Waals surface area contributed by atoms with Crippen molar-refractivity contribution in [2.24, 2.45) is 5.73 Å². The van der Waals surface area contributed by atoms with Crippen LogP contribution in [-0.2, 0) is 0 Å². The number of rotatable bonds is 6. The zero-order valence-corrected chi connectivity index (χ0v) is 7.68. The molecule has 0 aliphatic rings. The Balaban J connectivity index is 0. The Morgan fingerprint density at radius 1 is 1.08 bits per heavy atom. The van der Waals surface area contributed by atoms with Gasteiger partial charge in [0.25, 0.3) is 0 Å². The molecule has 0 aromatic rings. The Kier molecular flexibility index (Phi) is 9.40. The predicted molar refractivity (Wildman–Crippen MR) is 48.3 cm³/mol. The monoisotopic (exact) mass is 200 g/mol. The lowest BCUT2D eigenvalue weighted by molar-refractivity contribution is 0.0435. The summed E-state index contributed by atoms with van der Waals surface area (Å²) in [6.45, 7) is -0.0522. The lowest BCUT2D eigenvalue weighted by atomic mass is 10.0. The van der Waals surface area contributed by atoms with E-state index in [9.17, 15) is 0 Å². The molecule has 0 aromatic heterocycles. The van der Waals surface area contributed by atoms with Crippen LogP contribution in [0.1, 0.15) is 0 Å². The van der Waals surface area contributed by atoms with E-state index in [0.717, 1.165) is 0 Å². The molecule has 0 amide bonds. The van der Waals surface area contributed by atoms with Crippen LogP contribution in [0.5, 0.6) is 0 Å². The molecule has 0 saturated carbocycles. The first kappa shape index (κ1) is 14.6. The number of aliphatic hydroxyl groups excluding tert-OH is 3. The second-order valence-electron chi connectivity index (χ2n) is 2.47. The molecule has 0 aromatic carbocycles. The fourth-order valence-electron chi connectivity index (χ4n) is 0.655. The van der Waals surface area contributed by atoms with Crippen LogP contribution in [0.4, 0.5) is 0 Å². The maximum atomic E-state index is 8.78. The molecule has 5 nitrogen and oxygen atoms in total. The van der Waals surface area contributed by atoms with Crippen molar-refractivity contribution in [3.8, 4) is 0 Å². The van der Waals surface area contributed by atoms with Gasteiger partial charge in [0.2, 0.25) is 0 Å². The minimum atomic E-state index is -0.987. The van der Waals surface area contributed by atoms with Gasteiger partial charge in [-0.05, 0) is 0 Å². The van der Waals surface area contributed by atoms with E-state index < -0.39 is 5.54 Å². The van der Waals surface area contributed by atoms with E-state index in [4.69, 9.17) is 21.1 Å². The highest BCUT2D eigenvalue weighted by molar-refractivity contribution is 5.85. The van der Waals surface area contributed by atoms with Crippen molar-refractivity contribution < 1.29 is 15.3 Å². The first-order valence-electron chi connectivity index (χ1n) is 3.52. The minimum Gasteiger partial charge on any atom is -0.394 e. The summed E-state index contributed by atoms with van der Waals surface area (Å²) in [7, 11) is 0. The first-order chi connectivity index (χ1) is 5.24. The zero-order valence-electron chi connectivity index (χ0n) is 6.86. The number of nitrogens with one attached hydrogen (secondary N) is 1. The van der Waals surface area contributed by atoms with Crippen molar-refractivity contribution in [1.82, 2.24) is 5.32 Å². The predicted octanol–water partition coefficient (Wildman–Crippen LogP) is -2.33. The second-order valence-corrected chi connectivity index (χ2v) is 2.47. The molecule has 0 radical (unpaired) electrons. The fraction of sp³-hybridized carbons (Fsp3) is 1.00. The molecule has 6 N–H and O–H groups in total. The van der Waals surface area contributed by atoms with Gasteiger partial charge in [0, 0.05) is 13.1 Å². The molecule has 0 heterocycles. The van der Waals surface area contributed by atoms with E-state index in [1.807, 2.05) is 0 Å². The third kappa shape index (κ3) is 4.20. The first-order valence-corrected chi connectivity index (χ1v) is 3.52. The maximum absolute atomic E-state index is 8.78. The molecular weight excluding hydrogens is 184 g/mol. The van der Waals surface area contributed by atoms with Crippen LogP contribution in [0.15, 0.2) is 0 Å². The van der Waals surface area contributed by atoms with Crippen LogP contribution in [0.2, 0.25) is 0 Å². The highest BCUT2D eigenvalue weighted by Gasteiger charge is 2.26. The van der Waals surface area contributed by atoms with Crippen molar-refractivity contribution in [3.05, 3.63) is 0 Å². The Bertz CT molecular complexity index is 92.5. The molecular formula is C6H17ClN2O3. The second kappa shape index (κ2) is 7.72. The van der Waals surface area contributed by atoms with Crippen LogP contribution >= 0.6 is 12.4 Å². The van der Waals surface area contributed by atoms with Crippen molar-refractivity contribution in [2.45, 2.75) is 5.54 Å². The average Bonchev–Trinajstić information content (AvgIpc) is 2.08. The van der Waals surface area contributed by atoms with E-state index >= 15 is 0 Å². The van der Waals surface area contributed by atoms with Gasteiger partial charge in [-0.3, -0.25) is 0 Å². The summed E-state index contributed by atoms with van der Waals surface area (Å²) >= 11 is 0. The minimum absolute atomic E-state index is 0. The number of hydrogen-bond donors (Lipinski definition) is 5. The summed E-state index contributed by atoms with van der Waals surface area (Å²) in [5, 5.41) is 29.1. The Morgan fingerprint density at radius 3 is 1.75 bits per heavy atom. The van der Waals surface area contributed by atoms with Gasteiger partial charge in [-0.25, -0.2) is 0 Å². The summed E-state index contributed by atoms with van der Waals surface area (Å²) in [5.74, 6) is 0. The van der Waals surface area contributed by atoms with Gasteiger partial charge in [0.15, 0.2) is 0 Å². The third-order valence-electron chi connectivity index (χ3n) is 1.55. The highest BCUT2D eigenvalue weighted by Crippen LogP contribution is 1.99. The Hall–Kier alpha value is 0.0900. The number of nitrogens with two attached hydrogens (primary N) is 1. The standard InChI is InChI=1S/C6H16N2O3.ClH/c7-1-2-8-6(3-9,4-10)5-11;/h8-11H,1-5,7H2;1H. The lowest BCUT2D eigenvalue weighted by Gasteiger charge is -2.28. The summed E-state index contributed by atoms with van der Waals surface area (Å²) in [6.07, 6.45) is 0. The quantitative estimate of drug-likeness (QED) is 0.331. The average molecular weight is 201 g/mol. The van der Waals surface area contributed by atoms with E-state index in [-0.39, 0.29) is 32.2 Å². The molecule has 0 atom stereocenters. The number of halogens is 1. The summed E-state index contributed by atoms with van der Waals surface area (Å²) < 4.78 is 0. The lowest BCUT2D eigenvalue weighted by Crippen LogP contribution is -2.55. The molecule has 76 valence electrons. The Labute approximate surface area is 78.0 Å². The normalized spacial score (nSPS) is 11.0. The molecule has 0 rings (SSSR count). The molecule has 0 aliphatic heterocycles. The molecule has 0 bridgehead atoms. The highest BCUT2D eigenvalue weighted by atomic mass is 35.5. The van der Waals surface area contributed by atoms with Gasteiger partial charge in [-0.2, -0.15) is 0 Å². The van der Waals surface area contributed by atoms with Crippen molar-refractivity contribution >= 4 is 12.4 Å². The molecule has 0 spiro atoms.